The average Bonchev–Trinajstić information content (AvgIpc) is 2.86. The summed E-state index contributed by atoms with van der Waals surface area (Å²) >= 11 is 0. The highest BCUT2D eigenvalue weighted by Crippen LogP contribution is 2.51. The zero-order valence-corrected chi connectivity index (χ0v) is 9.05. The minimum Gasteiger partial charge on any atom is -0.469 e. The molecule has 2 aliphatic rings. The fourth-order valence-electron chi connectivity index (χ4n) is 3.47. The molecule has 0 heterocycles. The van der Waals surface area contributed by atoms with Crippen LogP contribution < -0.4 is 0 Å². The Morgan fingerprint density at radius 1 is 1.14 bits per heavy atom. The Labute approximate surface area is 86.0 Å². The molecule has 2 heteroatoms. The van der Waals surface area contributed by atoms with Gasteiger partial charge in [0.1, 0.15) is 0 Å². The molecular formula is C12H20O2. The maximum Gasteiger partial charge on any atom is 0.312 e. The zero-order chi connectivity index (χ0) is 10.0. The Balaban J connectivity index is 2.16. The maximum absolute atomic E-state index is 11.9. The van der Waals surface area contributed by atoms with Gasteiger partial charge in [-0.2, -0.15) is 0 Å². The van der Waals surface area contributed by atoms with Gasteiger partial charge < -0.3 is 4.74 Å². The van der Waals surface area contributed by atoms with Crippen molar-refractivity contribution in [2.45, 2.75) is 51.4 Å². The largest absolute Gasteiger partial charge is 0.469 e. The zero-order valence-electron chi connectivity index (χ0n) is 9.05. The van der Waals surface area contributed by atoms with E-state index in [9.17, 15) is 4.79 Å². The summed E-state index contributed by atoms with van der Waals surface area (Å²) in [4.78, 5) is 11.9. The van der Waals surface area contributed by atoms with Crippen LogP contribution in [0.25, 0.3) is 0 Å². The van der Waals surface area contributed by atoms with Gasteiger partial charge in [-0.3, -0.25) is 4.79 Å². The van der Waals surface area contributed by atoms with Crippen molar-refractivity contribution in [3.8, 4) is 0 Å². The standard InChI is InChI=1S/C12H20O2/c1-14-11(13)12(8-4-5-9-12)10-6-2-3-7-10/h10H,2-9H2,1H3. The minimum atomic E-state index is -0.0781. The summed E-state index contributed by atoms with van der Waals surface area (Å²) in [7, 11) is 1.54. The number of hydrogen-bond donors (Lipinski definition) is 0. The molecule has 80 valence electrons. The highest BCUT2D eigenvalue weighted by molar-refractivity contribution is 5.77. The van der Waals surface area contributed by atoms with Gasteiger partial charge in [0, 0.05) is 0 Å². The van der Waals surface area contributed by atoms with Crippen molar-refractivity contribution in [2.75, 3.05) is 7.11 Å². The summed E-state index contributed by atoms with van der Waals surface area (Å²) in [6, 6.07) is 0. The van der Waals surface area contributed by atoms with Crippen LogP contribution in [-0.4, -0.2) is 13.1 Å². The van der Waals surface area contributed by atoms with Gasteiger partial charge in [-0.05, 0) is 31.6 Å². The molecule has 0 amide bonds. The number of hydrogen-bond acceptors (Lipinski definition) is 2. The van der Waals surface area contributed by atoms with Crippen molar-refractivity contribution in [3.05, 3.63) is 0 Å². The molecule has 2 fully saturated rings. The number of methoxy groups -OCH3 is 1. The summed E-state index contributed by atoms with van der Waals surface area (Å²) in [5, 5.41) is 0. The van der Waals surface area contributed by atoms with Crippen LogP contribution in [0.1, 0.15) is 51.4 Å². The molecule has 0 unspecified atom stereocenters. The molecule has 0 aromatic heterocycles. The molecule has 0 N–H and O–H groups in total. The average molecular weight is 196 g/mol. The lowest BCUT2D eigenvalue weighted by Gasteiger charge is -2.32. The van der Waals surface area contributed by atoms with E-state index in [4.69, 9.17) is 4.74 Å². The van der Waals surface area contributed by atoms with Crippen molar-refractivity contribution in [3.63, 3.8) is 0 Å². The van der Waals surface area contributed by atoms with Crippen LogP contribution in [0, 0.1) is 11.3 Å². The van der Waals surface area contributed by atoms with Crippen molar-refractivity contribution in [1.29, 1.82) is 0 Å². The second-order valence-electron chi connectivity index (χ2n) is 4.84. The fraction of sp³-hybridized carbons (Fsp3) is 0.917. The van der Waals surface area contributed by atoms with E-state index >= 15 is 0 Å². The number of carbonyl (C=O) groups excluding carboxylic acids is 1. The molecule has 0 aromatic rings. The van der Waals surface area contributed by atoms with E-state index in [-0.39, 0.29) is 11.4 Å². The summed E-state index contributed by atoms with van der Waals surface area (Å²) < 4.78 is 5.01. The van der Waals surface area contributed by atoms with Gasteiger partial charge in [0.15, 0.2) is 0 Å². The quantitative estimate of drug-likeness (QED) is 0.635. The molecule has 2 aliphatic carbocycles. The second-order valence-corrected chi connectivity index (χ2v) is 4.84. The highest BCUT2D eigenvalue weighted by Gasteiger charge is 2.48. The number of rotatable bonds is 2. The lowest BCUT2D eigenvalue weighted by atomic mass is 9.73. The first kappa shape index (κ1) is 10.0. The normalized spacial score (nSPS) is 26.6. The lowest BCUT2D eigenvalue weighted by Crippen LogP contribution is -2.36. The molecule has 14 heavy (non-hydrogen) atoms. The maximum atomic E-state index is 11.9. The predicted octanol–water partition coefficient (Wildman–Crippen LogP) is 2.91. The Morgan fingerprint density at radius 2 is 1.71 bits per heavy atom. The van der Waals surface area contributed by atoms with E-state index in [1.807, 2.05) is 0 Å². The Bertz CT molecular complexity index is 210. The predicted molar refractivity (Wildman–Crippen MR) is 54.9 cm³/mol. The van der Waals surface area contributed by atoms with E-state index in [0.29, 0.717) is 5.92 Å². The Kier molecular flexibility index (Phi) is 2.80. The Morgan fingerprint density at radius 3 is 2.21 bits per heavy atom. The highest BCUT2D eigenvalue weighted by atomic mass is 16.5. The van der Waals surface area contributed by atoms with E-state index in [0.717, 1.165) is 12.8 Å². The topological polar surface area (TPSA) is 26.3 Å². The van der Waals surface area contributed by atoms with Crippen molar-refractivity contribution in [2.24, 2.45) is 11.3 Å². The first-order valence-electron chi connectivity index (χ1n) is 5.88. The molecule has 0 aromatic carbocycles. The van der Waals surface area contributed by atoms with Crippen molar-refractivity contribution in [1.82, 2.24) is 0 Å². The SMILES string of the molecule is COC(=O)C1(C2CCCC2)CCCC1. The third-order valence-corrected chi connectivity index (χ3v) is 4.22. The number of carbonyl (C=O) groups is 1. The molecule has 0 bridgehead atoms. The summed E-state index contributed by atoms with van der Waals surface area (Å²) in [5.74, 6) is 0.694. The monoisotopic (exact) mass is 196 g/mol. The van der Waals surface area contributed by atoms with Gasteiger partial charge in [-0.15, -0.1) is 0 Å². The summed E-state index contributed by atoms with van der Waals surface area (Å²) in [6.07, 6.45) is 9.68. The molecule has 2 saturated carbocycles. The molecule has 2 rings (SSSR count). The van der Waals surface area contributed by atoms with Crippen LogP contribution in [0.15, 0.2) is 0 Å². The summed E-state index contributed by atoms with van der Waals surface area (Å²) in [6.45, 7) is 0. The number of ether oxygens (including phenoxy) is 1. The minimum absolute atomic E-state index is 0.0712. The van der Waals surface area contributed by atoms with Gasteiger partial charge in [-0.1, -0.05) is 25.7 Å². The third kappa shape index (κ3) is 1.45. The molecule has 0 atom stereocenters. The molecule has 0 spiro atoms. The van der Waals surface area contributed by atoms with Gasteiger partial charge in [0.05, 0.1) is 12.5 Å². The van der Waals surface area contributed by atoms with Crippen molar-refractivity contribution < 1.29 is 9.53 Å². The van der Waals surface area contributed by atoms with Crippen LogP contribution in [0.4, 0.5) is 0 Å². The number of esters is 1. The van der Waals surface area contributed by atoms with Crippen LogP contribution in [0.2, 0.25) is 0 Å². The van der Waals surface area contributed by atoms with E-state index < -0.39 is 0 Å². The van der Waals surface area contributed by atoms with E-state index in [1.54, 1.807) is 0 Å². The van der Waals surface area contributed by atoms with Crippen LogP contribution in [-0.2, 0) is 9.53 Å². The second kappa shape index (κ2) is 3.92. The molecular weight excluding hydrogens is 176 g/mol. The summed E-state index contributed by atoms with van der Waals surface area (Å²) in [5.41, 5.74) is -0.0781. The Hall–Kier alpha value is -0.530. The lowest BCUT2D eigenvalue weighted by molar-refractivity contribution is -0.156. The molecule has 0 radical (unpaired) electrons. The van der Waals surface area contributed by atoms with Gasteiger partial charge in [-0.25, -0.2) is 0 Å². The van der Waals surface area contributed by atoms with Crippen LogP contribution in [0.5, 0.6) is 0 Å². The smallest absolute Gasteiger partial charge is 0.312 e. The van der Waals surface area contributed by atoms with Gasteiger partial charge in [0.25, 0.3) is 0 Å². The van der Waals surface area contributed by atoms with Crippen LogP contribution >= 0.6 is 0 Å². The molecule has 0 aliphatic heterocycles. The van der Waals surface area contributed by atoms with Crippen LogP contribution in [0.3, 0.4) is 0 Å². The van der Waals surface area contributed by atoms with Crippen molar-refractivity contribution >= 4 is 5.97 Å². The molecule has 2 nitrogen and oxygen atoms in total. The first-order chi connectivity index (χ1) is 6.79. The molecule has 0 saturated heterocycles. The van der Waals surface area contributed by atoms with E-state index in [2.05, 4.69) is 0 Å². The van der Waals surface area contributed by atoms with E-state index in [1.165, 1.54) is 45.6 Å². The first-order valence-corrected chi connectivity index (χ1v) is 5.88. The van der Waals surface area contributed by atoms with Gasteiger partial charge in [0.2, 0.25) is 0 Å². The third-order valence-electron chi connectivity index (χ3n) is 4.22. The van der Waals surface area contributed by atoms with Gasteiger partial charge >= 0.3 is 5.97 Å². The fourth-order valence-corrected chi connectivity index (χ4v) is 3.47.